The lowest BCUT2D eigenvalue weighted by Crippen LogP contribution is -2.47. The maximum Gasteiger partial charge on any atom is 0.324 e. The number of ether oxygens (including phenoxy) is 2. The molecule has 1 amide bonds. The Labute approximate surface area is 175 Å². The van der Waals surface area contributed by atoms with Crippen molar-refractivity contribution in [3.63, 3.8) is 0 Å². The monoisotopic (exact) mass is 414 g/mol. The molecule has 1 aliphatic carbocycles. The largest absolute Gasteiger partial charge is 0.467 e. The summed E-state index contributed by atoms with van der Waals surface area (Å²) in [5.41, 5.74) is 0. The molecular weight excluding hydrogens is 388 g/mol. The van der Waals surface area contributed by atoms with E-state index in [0.717, 1.165) is 25.7 Å². The minimum Gasteiger partial charge on any atom is -0.467 e. The van der Waals surface area contributed by atoms with Crippen LogP contribution in [0.15, 0.2) is 0 Å². The molecule has 160 valence electrons. The second-order valence-electron chi connectivity index (χ2n) is 7.37. The summed E-state index contributed by atoms with van der Waals surface area (Å²) < 4.78 is 10.1. The first-order valence-electron chi connectivity index (χ1n) is 10.0. The lowest BCUT2D eigenvalue weighted by molar-refractivity contribution is -0.131. The van der Waals surface area contributed by atoms with Crippen LogP contribution in [0.1, 0.15) is 38.5 Å². The van der Waals surface area contributed by atoms with Gasteiger partial charge in [0.05, 0.1) is 32.9 Å². The summed E-state index contributed by atoms with van der Waals surface area (Å²) in [6, 6.07) is 4.02. The number of anilines is 1. The van der Waals surface area contributed by atoms with Crippen molar-refractivity contribution in [3.05, 3.63) is 0 Å². The van der Waals surface area contributed by atoms with E-state index < -0.39 is 12.1 Å². The molecule has 0 unspecified atom stereocenters. The number of likely N-dealkylation sites (tertiary alicyclic amines) is 1. The van der Waals surface area contributed by atoms with Crippen molar-refractivity contribution in [2.24, 2.45) is 0 Å². The Kier molecular flexibility index (Phi) is 7.20. The van der Waals surface area contributed by atoms with E-state index in [1.54, 1.807) is 0 Å². The van der Waals surface area contributed by atoms with Gasteiger partial charge in [-0.05, 0) is 38.5 Å². The molecule has 2 heterocycles. The van der Waals surface area contributed by atoms with Gasteiger partial charge in [0.15, 0.2) is 0 Å². The fourth-order valence-electron chi connectivity index (χ4n) is 3.94. The maximum absolute atomic E-state index is 12.6. The third kappa shape index (κ3) is 5.05. The van der Waals surface area contributed by atoms with Crippen molar-refractivity contribution in [2.45, 2.75) is 62.7 Å². The molecule has 1 aromatic heterocycles. The second kappa shape index (κ2) is 10.0. The molecular formula is C19H26N8O3. The van der Waals surface area contributed by atoms with Crippen LogP contribution < -0.4 is 20.1 Å². The van der Waals surface area contributed by atoms with E-state index in [4.69, 9.17) is 9.47 Å². The molecule has 2 aliphatic rings. The minimum atomic E-state index is -0.502. The number of aromatic nitrogens is 3. The number of hydrogen-bond donors (Lipinski definition) is 2. The van der Waals surface area contributed by atoms with Gasteiger partial charge in [-0.15, -0.1) is 4.98 Å². The molecule has 1 aliphatic heterocycles. The standard InChI is InChI=1S/C19H26N8O3/c1-29-18-24-17(25-19(26-18)30-2)23-13-5-3-12(4-6-13)22-11-16(28)27-14(9-20)7-8-15(27)10-21/h12-15,22H,3-8,11H2,1-2H3,(H,23,24,25,26)/t12?,13?,14-,15+. The van der Waals surface area contributed by atoms with Gasteiger partial charge in [-0.2, -0.15) is 20.5 Å². The molecule has 1 aromatic rings. The maximum atomic E-state index is 12.6. The summed E-state index contributed by atoms with van der Waals surface area (Å²) in [6.45, 7) is 0.140. The Balaban J connectivity index is 1.47. The summed E-state index contributed by atoms with van der Waals surface area (Å²) in [4.78, 5) is 26.4. The molecule has 1 saturated heterocycles. The second-order valence-corrected chi connectivity index (χ2v) is 7.37. The summed E-state index contributed by atoms with van der Waals surface area (Å²) >= 11 is 0. The smallest absolute Gasteiger partial charge is 0.324 e. The van der Waals surface area contributed by atoms with Gasteiger partial charge < -0.3 is 25.0 Å². The van der Waals surface area contributed by atoms with Gasteiger partial charge in [-0.1, -0.05) is 0 Å². The topological polar surface area (TPSA) is 149 Å². The van der Waals surface area contributed by atoms with Crippen molar-refractivity contribution >= 4 is 11.9 Å². The van der Waals surface area contributed by atoms with Crippen LogP contribution in [-0.4, -0.2) is 70.7 Å². The van der Waals surface area contributed by atoms with Crippen molar-refractivity contribution in [1.29, 1.82) is 10.5 Å². The first kappa shape index (κ1) is 21.5. The highest BCUT2D eigenvalue weighted by molar-refractivity contribution is 5.80. The van der Waals surface area contributed by atoms with E-state index in [0.29, 0.717) is 18.8 Å². The zero-order valence-electron chi connectivity index (χ0n) is 17.2. The van der Waals surface area contributed by atoms with Gasteiger partial charge in [-0.3, -0.25) is 4.79 Å². The highest BCUT2D eigenvalue weighted by Gasteiger charge is 2.37. The molecule has 0 radical (unpaired) electrons. The highest BCUT2D eigenvalue weighted by Crippen LogP contribution is 2.25. The fourth-order valence-corrected chi connectivity index (χ4v) is 3.94. The minimum absolute atomic E-state index is 0.140. The van der Waals surface area contributed by atoms with Gasteiger partial charge in [-0.25, -0.2) is 0 Å². The summed E-state index contributed by atoms with van der Waals surface area (Å²) in [7, 11) is 2.97. The van der Waals surface area contributed by atoms with Crippen LogP contribution in [-0.2, 0) is 4.79 Å². The Bertz CT molecular complexity index is 784. The number of nitriles is 2. The number of carbonyl (C=O) groups is 1. The Hall–Kier alpha value is -3.18. The lowest BCUT2D eigenvalue weighted by Gasteiger charge is -2.30. The van der Waals surface area contributed by atoms with Gasteiger partial charge >= 0.3 is 12.0 Å². The number of hydrogen-bond acceptors (Lipinski definition) is 10. The highest BCUT2D eigenvalue weighted by atomic mass is 16.5. The van der Waals surface area contributed by atoms with E-state index in [1.165, 1.54) is 19.1 Å². The molecule has 1 saturated carbocycles. The molecule has 0 spiro atoms. The number of nitrogens with zero attached hydrogens (tertiary/aromatic N) is 6. The summed E-state index contributed by atoms with van der Waals surface area (Å²) in [6.07, 6.45) is 4.65. The van der Waals surface area contributed by atoms with E-state index in [-0.39, 0.29) is 36.6 Å². The van der Waals surface area contributed by atoms with Crippen molar-refractivity contribution in [3.8, 4) is 24.2 Å². The zero-order chi connectivity index (χ0) is 21.5. The molecule has 11 heteroatoms. The first-order valence-corrected chi connectivity index (χ1v) is 10.0. The Morgan fingerprint density at radius 2 is 1.50 bits per heavy atom. The van der Waals surface area contributed by atoms with Crippen LogP contribution in [0.25, 0.3) is 0 Å². The Morgan fingerprint density at radius 1 is 0.967 bits per heavy atom. The average Bonchev–Trinajstić information content (AvgIpc) is 3.21. The van der Waals surface area contributed by atoms with Crippen LogP contribution >= 0.6 is 0 Å². The number of nitrogens with one attached hydrogen (secondary N) is 2. The molecule has 11 nitrogen and oxygen atoms in total. The molecule has 2 atom stereocenters. The van der Waals surface area contributed by atoms with Crippen molar-refractivity contribution in [1.82, 2.24) is 25.2 Å². The molecule has 30 heavy (non-hydrogen) atoms. The van der Waals surface area contributed by atoms with Crippen molar-refractivity contribution < 1.29 is 14.3 Å². The van der Waals surface area contributed by atoms with Crippen LogP contribution in [0, 0.1) is 22.7 Å². The third-order valence-electron chi connectivity index (χ3n) is 5.53. The quantitative estimate of drug-likeness (QED) is 0.649. The summed E-state index contributed by atoms with van der Waals surface area (Å²) in [5.74, 6) is 0.222. The van der Waals surface area contributed by atoms with Gasteiger partial charge in [0.25, 0.3) is 0 Å². The predicted octanol–water partition coefficient (Wildman–Crippen LogP) is 0.608. The number of amides is 1. The van der Waals surface area contributed by atoms with Gasteiger partial charge in [0.2, 0.25) is 11.9 Å². The van der Waals surface area contributed by atoms with Crippen LogP contribution in [0.4, 0.5) is 5.95 Å². The molecule has 3 rings (SSSR count). The summed E-state index contributed by atoms with van der Waals surface area (Å²) in [5, 5.41) is 25.0. The van der Waals surface area contributed by atoms with Gasteiger partial charge in [0.1, 0.15) is 12.1 Å². The Morgan fingerprint density at radius 3 is 2.00 bits per heavy atom. The lowest BCUT2D eigenvalue weighted by atomic mass is 9.91. The van der Waals surface area contributed by atoms with Crippen LogP contribution in [0.5, 0.6) is 12.0 Å². The number of rotatable bonds is 7. The third-order valence-corrected chi connectivity index (χ3v) is 5.53. The molecule has 2 N–H and O–H groups in total. The predicted molar refractivity (Wildman–Crippen MR) is 105 cm³/mol. The average molecular weight is 414 g/mol. The zero-order valence-corrected chi connectivity index (χ0v) is 17.2. The van der Waals surface area contributed by atoms with Gasteiger partial charge in [0, 0.05) is 12.1 Å². The number of carbonyl (C=O) groups excluding carboxylic acids is 1. The van der Waals surface area contributed by atoms with Crippen molar-refractivity contribution in [2.75, 3.05) is 26.1 Å². The molecule has 0 aromatic carbocycles. The molecule has 2 fully saturated rings. The van der Waals surface area contributed by atoms with E-state index in [9.17, 15) is 15.3 Å². The SMILES string of the molecule is COc1nc(NC2CCC(NCC(=O)N3[C@H](C#N)CC[C@@H]3C#N)CC2)nc(OC)n1. The first-order chi connectivity index (χ1) is 14.6. The van der Waals surface area contributed by atoms with E-state index in [1.807, 2.05) is 0 Å². The number of methoxy groups -OCH3 is 2. The van der Waals surface area contributed by atoms with E-state index >= 15 is 0 Å². The fraction of sp³-hybridized carbons (Fsp3) is 0.684. The van der Waals surface area contributed by atoms with Crippen LogP contribution in [0.2, 0.25) is 0 Å². The normalized spacial score (nSPS) is 25.8. The van der Waals surface area contributed by atoms with Crippen LogP contribution in [0.3, 0.4) is 0 Å². The van der Waals surface area contributed by atoms with E-state index in [2.05, 4.69) is 37.7 Å². The molecule has 0 bridgehead atoms.